The van der Waals surface area contributed by atoms with Gasteiger partial charge >= 0.3 is 0 Å². The summed E-state index contributed by atoms with van der Waals surface area (Å²) in [6.07, 6.45) is 0. The SMILES string of the molecule is Cc1ccccc1-c1c(C)c(O)cc(O)c1C. The summed E-state index contributed by atoms with van der Waals surface area (Å²) in [6, 6.07) is 9.36. The van der Waals surface area contributed by atoms with Crippen molar-refractivity contribution in [3.63, 3.8) is 0 Å². The van der Waals surface area contributed by atoms with Crippen LogP contribution in [-0.2, 0) is 0 Å². The molecule has 0 aromatic heterocycles. The fourth-order valence-corrected chi connectivity index (χ4v) is 2.14. The zero-order valence-corrected chi connectivity index (χ0v) is 10.3. The number of phenolic OH excluding ortho intramolecular Hbond substituents is 2. The molecule has 2 rings (SSSR count). The Labute approximate surface area is 101 Å². The van der Waals surface area contributed by atoms with Crippen molar-refractivity contribution in [1.82, 2.24) is 0 Å². The van der Waals surface area contributed by atoms with Crippen LogP contribution < -0.4 is 0 Å². The van der Waals surface area contributed by atoms with Crippen LogP contribution in [0.25, 0.3) is 11.1 Å². The normalized spacial score (nSPS) is 10.5. The molecule has 2 heteroatoms. The van der Waals surface area contributed by atoms with Crippen molar-refractivity contribution in [3.05, 3.63) is 47.0 Å². The van der Waals surface area contributed by atoms with Crippen LogP contribution in [0.2, 0.25) is 0 Å². The number of benzene rings is 2. The Morgan fingerprint density at radius 1 is 0.824 bits per heavy atom. The molecular weight excluding hydrogens is 212 g/mol. The summed E-state index contributed by atoms with van der Waals surface area (Å²) in [6.45, 7) is 5.75. The van der Waals surface area contributed by atoms with Crippen LogP contribution in [0.5, 0.6) is 11.5 Å². The molecule has 2 aromatic rings. The minimum absolute atomic E-state index is 0.131. The Balaban J connectivity index is 2.80. The van der Waals surface area contributed by atoms with Crippen LogP contribution >= 0.6 is 0 Å². The van der Waals surface area contributed by atoms with Gasteiger partial charge in [-0.3, -0.25) is 0 Å². The highest BCUT2D eigenvalue weighted by Gasteiger charge is 2.14. The van der Waals surface area contributed by atoms with Gasteiger partial charge in [0.1, 0.15) is 11.5 Å². The predicted octanol–water partition coefficient (Wildman–Crippen LogP) is 3.69. The average molecular weight is 228 g/mol. The van der Waals surface area contributed by atoms with Gasteiger partial charge in [-0.1, -0.05) is 24.3 Å². The van der Waals surface area contributed by atoms with Gasteiger partial charge in [0.25, 0.3) is 0 Å². The quantitative estimate of drug-likeness (QED) is 0.781. The second-order valence-corrected chi connectivity index (χ2v) is 4.35. The van der Waals surface area contributed by atoms with E-state index < -0.39 is 0 Å². The smallest absolute Gasteiger partial charge is 0.122 e. The second kappa shape index (κ2) is 4.13. The van der Waals surface area contributed by atoms with Crippen LogP contribution in [0, 0.1) is 20.8 Å². The Hall–Kier alpha value is -1.96. The van der Waals surface area contributed by atoms with E-state index >= 15 is 0 Å². The van der Waals surface area contributed by atoms with Gasteiger partial charge in [0.05, 0.1) is 0 Å². The molecule has 17 heavy (non-hydrogen) atoms. The van der Waals surface area contributed by atoms with Gasteiger partial charge in [-0.25, -0.2) is 0 Å². The van der Waals surface area contributed by atoms with Crippen molar-refractivity contribution in [3.8, 4) is 22.6 Å². The van der Waals surface area contributed by atoms with Gasteiger partial charge in [-0.15, -0.1) is 0 Å². The Bertz CT molecular complexity index is 545. The lowest BCUT2D eigenvalue weighted by molar-refractivity contribution is 0.446. The van der Waals surface area contributed by atoms with E-state index in [0.717, 1.165) is 27.8 Å². The third-order valence-electron chi connectivity index (χ3n) is 3.21. The molecule has 0 aliphatic rings. The highest BCUT2D eigenvalue weighted by atomic mass is 16.3. The molecule has 0 aliphatic carbocycles. The van der Waals surface area contributed by atoms with Gasteiger partial charge in [0.2, 0.25) is 0 Å². The maximum absolute atomic E-state index is 9.80. The number of aryl methyl sites for hydroxylation is 1. The van der Waals surface area contributed by atoms with E-state index in [-0.39, 0.29) is 11.5 Å². The molecule has 0 atom stereocenters. The van der Waals surface area contributed by atoms with Crippen LogP contribution in [0.1, 0.15) is 16.7 Å². The lowest BCUT2D eigenvalue weighted by Crippen LogP contribution is -1.92. The molecule has 2 N–H and O–H groups in total. The van der Waals surface area contributed by atoms with Gasteiger partial charge < -0.3 is 10.2 Å². The van der Waals surface area contributed by atoms with Gasteiger partial charge in [0, 0.05) is 6.07 Å². The number of aromatic hydroxyl groups is 2. The minimum atomic E-state index is 0.131. The summed E-state index contributed by atoms with van der Waals surface area (Å²) < 4.78 is 0. The standard InChI is InChI=1S/C15H16O2/c1-9-6-4-5-7-12(9)15-10(2)13(16)8-14(17)11(15)3/h4-8,16-17H,1-3H3. The molecule has 0 bridgehead atoms. The zero-order valence-electron chi connectivity index (χ0n) is 10.3. The molecule has 2 nitrogen and oxygen atoms in total. The van der Waals surface area contributed by atoms with Gasteiger partial charge in [-0.2, -0.15) is 0 Å². The number of hydrogen-bond donors (Lipinski definition) is 2. The third-order valence-corrected chi connectivity index (χ3v) is 3.21. The average Bonchev–Trinajstić information content (AvgIpc) is 2.29. The first kappa shape index (κ1) is 11.5. The first-order valence-electron chi connectivity index (χ1n) is 5.60. The van der Waals surface area contributed by atoms with Crippen LogP contribution in [0.15, 0.2) is 30.3 Å². The fraction of sp³-hybridized carbons (Fsp3) is 0.200. The van der Waals surface area contributed by atoms with E-state index in [4.69, 9.17) is 0 Å². The summed E-state index contributed by atoms with van der Waals surface area (Å²) >= 11 is 0. The summed E-state index contributed by atoms with van der Waals surface area (Å²) in [5.74, 6) is 0.262. The maximum Gasteiger partial charge on any atom is 0.122 e. The van der Waals surface area contributed by atoms with Crippen molar-refractivity contribution in [2.75, 3.05) is 0 Å². The number of hydrogen-bond acceptors (Lipinski definition) is 2. The molecule has 0 heterocycles. The first-order valence-corrected chi connectivity index (χ1v) is 5.60. The van der Waals surface area contributed by atoms with Crippen molar-refractivity contribution < 1.29 is 10.2 Å². The summed E-state index contributed by atoms with van der Waals surface area (Å²) in [7, 11) is 0. The third kappa shape index (κ3) is 1.86. The van der Waals surface area contributed by atoms with Crippen molar-refractivity contribution >= 4 is 0 Å². The van der Waals surface area contributed by atoms with Gasteiger partial charge in [-0.05, 0) is 48.6 Å². The Morgan fingerprint density at radius 2 is 1.35 bits per heavy atom. The van der Waals surface area contributed by atoms with Crippen molar-refractivity contribution in [1.29, 1.82) is 0 Å². The topological polar surface area (TPSA) is 40.5 Å². The van der Waals surface area contributed by atoms with E-state index in [0.29, 0.717) is 0 Å². The Morgan fingerprint density at radius 3 is 1.88 bits per heavy atom. The van der Waals surface area contributed by atoms with Crippen LogP contribution in [0.4, 0.5) is 0 Å². The number of phenols is 2. The van der Waals surface area contributed by atoms with Crippen molar-refractivity contribution in [2.45, 2.75) is 20.8 Å². The number of rotatable bonds is 1. The minimum Gasteiger partial charge on any atom is -0.508 e. The summed E-state index contributed by atoms with van der Waals surface area (Å²) in [5.41, 5.74) is 4.70. The van der Waals surface area contributed by atoms with Crippen molar-refractivity contribution in [2.24, 2.45) is 0 Å². The second-order valence-electron chi connectivity index (χ2n) is 4.35. The zero-order chi connectivity index (χ0) is 12.6. The van der Waals surface area contributed by atoms with E-state index in [1.807, 2.05) is 45.0 Å². The molecule has 0 spiro atoms. The maximum atomic E-state index is 9.80. The molecule has 0 unspecified atom stereocenters. The molecule has 0 saturated heterocycles. The first-order chi connectivity index (χ1) is 8.02. The van der Waals surface area contributed by atoms with E-state index in [9.17, 15) is 10.2 Å². The molecule has 88 valence electrons. The highest BCUT2D eigenvalue weighted by molar-refractivity contribution is 5.77. The fourth-order valence-electron chi connectivity index (χ4n) is 2.14. The highest BCUT2D eigenvalue weighted by Crippen LogP contribution is 2.38. The van der Waals surface area contributed by atoms with Crippen LogP contribution in [-0.4, -0.2) is 10.2 Å². The molecule has 0 amide bonds. The Kier molecular flexibility index (Phi) is 2.80. The van der Waals surface area contributed by atoms with E-state index in [1.54, 1.807) is 0 Å². The lowest BCUT2D eigenvalue weighted by atomic mass is 9.92. The molecule has 0 aliphatic heterocycles. The monoisotopic (exact) mass is 228 g/mol. The molecular formula is C15H16O2. The lowest BCUT2D eigenvalue weighted by Gasteiger charge is -2.15. The molecule has 0 radical (unpaired) electrons. The van der Waals surface area contributed by atoms with Crippen LogP contribution in [0.3, 0.4) is 0 Å². The molecule has 2 aromatic carbocycles. The molecule has 0 saturated carbocycles. The molecule has 0 fully saturated rings. The predicted molar refractivity (Wildman–Crippen MR) is 69.4 cm³/mol. The summed E-state index contributed by atoms with van der Waals surface area (Å²) in [5, 5.41) is 19.6. The van der Waals surface area contributed by atoms with Gasteiger partial charge in [0.15, 0.2) is 0 Å². The van der Waals surface area contributed by atoms with E-state index in [2.05, 4.69) is 0 Å². The summed E-state index contributed by atoms with van der Waals surface area (Å²) in [4.78, 5) is 0. The largest absolute Gasteiger partial charge is 0.508 e. The van der Waals surface area contributed by atoms with E-state index in [1.165, 1.54) is 6.07 Å².